The number of benzene rings is 1. The minimum absolute atomic E-state index is 0.182. The molecule has 1 N–H and O–H groups in total. The van der Waals surface area contributed by atoms with E-state index in [0.717, 1.165) is 22.9 Å². The maximum Gasteiger partial charge on any atom is 0.154 e. The second kappa shape index (κ2) is 6.54. The molecule has 1 aromatic rings. The van der Waals surface area contributed by atoms with Crippen molar-refractivity contribution >= 4 is 25.8 Å². The Kier molecular flexibility index (Phi) is 5.20. The van der Waals surface area contributed by atoms with E-state index in [-0.39, 0.29) is 22.9 Å². The molecule has 1 saturated heterocycles. The Hall–Kier alpha value is -0.460. The summed E-state index contributed by atoms with van der Waals surface area (Å²) in [6.07, 6.45) is 2.87. The SMILES string of the molecule is CNC(Cc1cc(F)ccc1Br)C1CCCCS1(=O)=O. The van der Waals surface area contributed by atoms with E-state index in [1.165, 1.54) is 12.1 Å². The molecule has 112 valence electrons. The lowest BCUT2D eigenvalue weighted by Crippen LogP contribution is -2.46. The van der Waals surface area contributed by atoms with Gasteiger partial charge in [0.15, 0.2) is 9.84 Å². The lowest BCUT2D eigenvalue weighted by Gasteiger charge is -2.30. The molecule has 0 spiro atoms. The zero-order valence-corrected chi connectivity index (χ0v) is 13.8. The average molecular weight is 364 g/mol. The van der Waals surface area contributed by atoms with Crippen LogP contribution < -0.4 is 5.32 Å². The lowest BCUT2D eigenvalue weighted by molar-refractivity contribution is 0.455. The van der Waals surface area contributed by atoms with Crippen LogP contribution >= 0.6 is 15.9 Å². The van der Waals surface area contributed by atoms with Crippen molar-refractivity contribution in [3.63, 3.8) is 0 Å². The van der Waals surface area contributed by atoms with E-state index in [9.17, 15) is 12.8 Å². The Morgan fingerprint density at radius 2 is 2.20 bits per heavy atom. The van der Waals surface area contributed by atoms with Crippen molar-refractivity contribution < 1.29 is 12.8 Å². The summed E-state index contributed by atoms with van der Waals surface area (Å²) >= 11 is 3.40. The highest BCUT2D eigenvalue weighted by atomic mass is 79.9. The summed E-state index contributed by atoms with van der Waals surface area (Å²) in [6.45, 7) is 0. The molecule has 6 heteroatoms. The summed E-state index contributed by atoms with van der Waals surface area (Å²) in [5.41, 5.74) is 0.796. The van der Waals surface area contributed by atoms with Gasteiger partial charge in [-0.15, -0.1) is 0 Å². The molecule has 1 aromatic carbocycles. The molecule has 0 saturated carbocycles. The molecule has 0 aliphatic carbocycles. The predicted octanol–water partition coefficient (Wildman–Crippen LogP) is 2.69. The van der Waals surface area contributed by atoms with Crippen LogP contribution in [0.25, 0.3) is 0 Å². The normalized spacial score (nSPS) is 23.4. The van der Waals surface area contributed by atoms with Crippen molar-refractivity contribution in [1.29, 1.82) is 0 Å². The van der Waals surface area contributed by atoms with Gasteiger partial charge < -0.3 is 5.32 Å². The third-order valence-electron chi connectivity index (χ3n) is 3.90. The molecule has 0 amide bonds. The number of nitrogens with one attached hydrogen (secondary N) is 1. The van der Waals surface area contributed by atoms with Gasteiger partial charge in [0.05, 0.1) is 11.0 Å². The van der Waals surface area contributed by atoms with Gasteiger partial charge in [0.25, 0.3) is 0 Å². The zero-order chi connectivity index (χ0) is 14.8. The lowest BCUT2D eigenvalue weighted by atomic mass is 9.99. The molecule has 2 rings (SSSR count). The van der Waals surface area contributed by atoms with Crippen LogP contribution in [0.5, 0.6) is 0 Å². The minimum atomic E-state index is -3.05. The largest absolute Gasteiger partial charge is 0.315 e. The third kappa shape index (κ3) is 3.59. The van der Waals surface area contributed by atoms with Crippen LogP contribution in [0.2, 0.25) is 0 Å². The van der Waals surface area contributed by atoms with E-state index in [0.29, 0.717) is 12.8 Å². The van der Waals surface area contributed by atoms with Crippen LogP contribution in [0, 0.1) is 5.82 Å². The van der Waals surface area contributed by atoms with E-state index < -0.39 is 9.84 Å². The number of halogens is 2. The highest BCUT2D eigenvalue weighted by molar-refractivity contribution is 9.10. The molecule has 0 bridgehead atoms. The quantitative estimate of drug-likeness (QED) is 0.894. The molecular weight excluding hydrogens is 345 g/mol. The Balaban J connectivity index is 2.22. The molecule has 1 aliphatic rings. The summed E-state index contributed by atoms with van der Waals surface area (Å²) in [6, 6.07) is 4.33. The topological polar surface area (TPSA) is 46.2 Å². The van der Waals surface area contributed by atoms with Crippen LogP contribution in [0.3, 0.4) is 0 Å². The van der Waals surface area contributed by atoms with E-state index in [4.69, 9.17) is 0 Å². The zero-order valence-electron chi connectivity index (χ0n) is 11.4. The number of hydrogen-bond donors (Lipinski definition) is 1. The maximum absolute atomic E-state index is 13.3. The van der Waals surface area contributed by atoms with Gasteiger partial charge in [0.1, 0.15) is 5.82 Å². The molecule has 2 atom stereocenters. The van der Waals surface area contributed by atoms with Crippen LogP contribution in [0.1, 0.15) is 24.8 Å². The smallest absolute Gasteiger partial charge is 0.154 e. The number of rotatable bonds is 4. The average Bonchev–Trinajstić information content (AvgIpc) is 2.40. The van der Waals surface area contributed by atoms with Gasteiger partial charge in [-0.2, -0.15) is 0 Å². The molecule has 1 fully saturated rings. The fraction of sp³-hybridized carbons (Fsp3) is 0.571. The Morgan fingerprint density at radius 1 is 1.45 bits per heavy atom. The molecule has 1 aliphatic heterocycles. The number of sulfone groups is 1. The number of likely N-dealkylation sites (N-methyl/N-ethyl adjacent to an activating group) is 1. The summed E-state index contributed by atoms with van der Waals surface area (Å²) in [5.74, 6) is -0.0373. The van der Waals surface area contributed by atoms with E-state index in [1.807, 2.05) is 0 Å². The first kappa shape index (κ1) is 15.9. The van der Waals surface area contributed by atoms with Crippen molar-refractivity contribution in [3.8, 4) is 0 Å². The highest BCUT2D eigenvalue weighted by Crippen LogP contribution is 2.26. The Bertz CT molecular complexity index is 577. The molecule has 20 heavy (non-hydrogen) atoms. The van der Waals surface area contributed by atoms with Gasteiger partial charge in [0, 0.05) is 10.5 Å². The number of hydrogen-bond acceptors (Lipinski definition) is 3. The van der Waals surface area contributed by atoms with Gasteiger partial charge in [-0.05, 0) is 50.1 Å². The van der Waals surface area contributed by atoms with Gasteiger partial charge >= 0.3 is 0 Å². The molecule has 0 aromatic heterocycles. The van der Waals surface area contributed by atoms with Crippen LogP contribution in [-0.2, 0) is 16.3 Å². The summed E-state index contributed by atoms with van der Waals surface area (Å²) in [5, 5.41) is 2.72. The van der Waals surface area contributed by atoms with Gasteiger partial charge in [0.2, 0.25) is 0 Å². The summed E-state index contributed by atoms with van der Waals surface area (Å²) < 4.78 is 38.5. The van der Waals surface area contributed by atoms with Gasteiger partial charge in [-0.25, -0.2) is 12.8 Å². The Labute approximate surface area is 128 Å². The highest BCUT2D eigenvalue weighted by Gasteiger charge is 2.35. The van der Waals surface area contributed by atoms with E-state index >= 15 is 0 Å². The second-order valence-electron chi connectivity index (χ2n) is 5.24. The van der Waals surface area contributed by atoms with Gasteiger partial charge in [-0.3, -0.25) is 0 Å². The fourth-order valence-corrected chi connectivity index (χ4v) is 5.36. The molecule has 3 nitrogen and oxygen atoms in total. The molecule has 0 radical (unpaired) electrons. The van der Waals surface area contributed by atoms with Crippen molar-refractivity contribution in [2.75, 3.05) is 12.8 Å². The van der Waals surface area contributed by atoms with Crippen molar-refractivity contribution in [1.82, 2.24) is 5.32 Å². The molecule has 1 heterocycles. The fourth-order valence-electron chi connectivity index (χ4n) is 2.79. The van der Waals surface area contributed by atoms with Crippen molar-refractivity contribution in [2.45, 2.75) is 37.0 Å². The minimum Gasteiger partial charge on any atom is -0.315 e. The van der Waals surface area contributed by atoms with E-state index in [2.05, 4.69) is 21.2 Å². The first-order chi connectivity index (χ1) is 9.44. The first-order valence-electron chi connectivity index (χ1n) is 6.77. The molecule has 2 unspecified atom stereocenters. The van der Waals surface area contributed by atoms with Gasteiger partial charge in [-0.1, -0.05) is 22.4 Å². The molecular formula is C14H19BrFNO2S. The third-order valence-corrected chi connectivity index (χ3v) is 7.01. The maximum atomic E-state index is 13.3. The van der Waals surface area contributed by atoms with Crippen LogP contribution in [-0.4, -0.2) is 32.5 Å². The van der Waals surface area contributed by atoms with Crippen LogP contribution in [0.15, 0.2) is 22.7 Å². The van der Waals surface area contributed by atoms with Crippen molar-refractivity contribution in [3.05, 3.63) is 34.1 Å². The second-order valence-corrected chi connectivity index (χ2v) is 8.43. The Morgan fingerprint density at radius 3 is 2.85 bits per heavy atom. The summed E-state index contributed by atoms with van der Waals surface area (Å²) in [7, 11) is -1.28. The standard InChI is InChI=1S/C14H19BrFNO2S/c1-17-13(14-4-2-3-7-20(14,18)19)9-10-8-11(16)5-6-12(10)15/h5-6,8,13-14,17H,2-4,7,9H2,1H3. The van der Waals surface area contributed by atoms with E-state index in [1.54, 1.807) is 13.1 Å². The predicted molar refractivity (Wildman–Crippen MR) is 82.1 cm³/mol. The summed E-state index contributed by atoms with van der Waals surface area (Å²) in [4.78, 5) is 0. The monoisotopic (exact) mass is 363 g/mol. The first-order valence-corrected chi connectivity index (χ1v) is 9.27. The van der Waals surface area contributed by atoms with Crippen molar-refractivity contribution in [2.24, 2.45) is 0 Å². The van der Waals surface area contributed by atoms with Crippen LogP contribution in [0.4, 0.5) is 4.39 Å².